The van der Waals surface area contributed by atoms with Crippen LogP contribution >= 0.6 is 23.6 Å². The molecule has 3 aromatic heterocycles. The summed E-state index contributed by atoms with van der Waals surface area (Å²) < 4.78 is 2.18. The van der Waals surface area contributed by atoms with Gasteiger partial charge in [0, 0.05) is 53.2 Å². The van der Waals surface area contributed by atoms with Gasteiger partial charge in [0.1, 0.15) is 0 Å². The number of carbonyl (C=O) groups excluding carboxylic acids is 1. The molecule has 1 amide bonds. The first-order valence-corrected chi connectivity index (χ1v) is 14.1. The van der Waals surface area contributed by atoms with E-state index >= 15 is 0 Å². The summed E-state index contributed by atoms with van der Waals surface area (Å²) in [5.41, 5.74) is 5.07. The van der Waals surface area contributed by atoms with Gasteiger partial charge in [-0.2, -0.15) is 0 Å². The Hall–Kier alpha value is -4.08. The number of benzene rings is 2. The van der Waals surface area contributed by atoms with E-state index in [1.165, 1.54) is 0 Å². The molecule has 1 saturated heterocycles. The number of amides is 1. The largest absolute Gasteiger partial charge is 0.352 e. The van der Waals surface area contributed by atoms with Crippen molar-refractivity contribution < 1.29 is 4.79 Å². The summed E-state index contributed by atoms with van der Waals surface area (Å²) >= 11 is 7.45. The van der Waals surface area contributed by atoms with Crippen molar-refractivity contribution in [3.05, 3.63) is 107 Å². The van der Waals surface area contributed by atoms with Crippen molar-refractivity contribution in [2.75, 3.05) is 11.9 Å². The number of hydrogen-bond donors (Lipinski definition) is 2. The molecule has 6 rings (SSSR count). The summed E-state index contributed by atoms with van der Waals surface area (Å²) in [6, 6.07) is 21.8. The van der Waals surface area contributed by atoms with Gasteiger partial charge in [-0.05, 0) is 61.3 Å². The van der Waals surface area contributed by atoms with Gasteiger partial charge in [0.15, 0.2) is 10.2 Å². The van der Waals surface area contributed by atoms with Crippen LogP contribution in [0.4, 0.5) is 5.69 Å². The van der Waals surface area contributed by atoms with E-state index in [-0.39, 0.29) is 18.0 Å². The second-order valence-electron chi connectivity index (χ2n) is 9.62. The van der Waals surface area contributed by atoms with E-state index in [1.54, 1.807) is 17.5 Å². The zero-order valence-corrected chi connectivity index (χ0v) is 23.3. The van der Waals surface area contributed by atoms with Crippen LogP contribution in [0, 0.1) is 13.8 Å². The average molecular weight is 553 g/mol. The number of fused-ring (bicyclic) bond motifs is 1. The van der Waals surface area contributed by atoms with Crippen LogP contribution in [-0.4, -0.2) is 37.0 Å². The third-order valence-electron chi connectivity index (χ3n) is 7.24. The monoisotopic (exact) mass is 552 g/mol. The zero-order valence-electron chi connectivity index (χ0n) is 21.7. The normalized spacial score (nSPS) is 17.0. The number of aryl methyl sites for hydroxylation is 1. The summed E-state index contributed by atoms with van der Waals surface area (Å²) in [6.07, 6.45) is 3.92. The van der Waals surface area contributed by atoms with E-state index in [1.807, 2.05) is 72.2 Å². The maximum Gasteiger partial charge on any atom is 0.226 e. The Morgan fingerprint density at radius 1 is 1.05 bits per heavy atom. The minimum absolute atomic E-state index is 0.0533. The molecule has 0 spiro atoms. The number of thiazole rings is 1. The summed E-state index contributed by atoms with van der Waals surface area (Å²) in [6.45, 7) is 4.68. The van der Waals surface area contributed by atoms with Gasteiger partial charge in [0.2, 0.25) is 5.91 Å². The first-order chi connectivity index (χ1) is 19.0. The fraction of sp³-hybridized carbons (Fsp3) is 0.200. The molecule has 2 N–H and O–H groups in total. The van der Waals surface area contributed by atoms with Crippen molar-refractivity contribution in [1.82, 2.24) is 24.8 Å². The molecule has 7 nitrogen and oxygen atoms in total. The lowest BCUT2D eigenvalue weighted by molar-refractivity contribution is -0.116. The highest BCUT2D eigenvalue weighted by molar-refractivity contribution is 7.80. The third kappa shape index (κ3) is 4.79. The van der Waals surface area contributed by atoms with Crippen LogP contribution in [0.2, 0.25) is 0 Å². The maximum absolute atomic E-state index is 13.2. The summed E-state index contributed by atoms with van der Waals surface area (Å²) in [4.78, 5) is 24.5. The van der Waals surface area contributed by atoms with Crippen LogP contribution in [0.25, 0.3) is 15.9 Å². The lowest BCUT2D eigenvalue weighted by Gasteiger charge is -2.28. The molecule has 196 valence electrons. The zero-order chi connectivity index (χ0) is 26.9. The molecule has 9 heteroatoms. The molecule has 0 radical (unpaired) electrons. The summed E-state index contributed by atoms with van der Waals surface area (Å²) in [7, 11) is 0. The van der Waals surface area contributed by atoms with E-state index in [0.29, 0.717) is 18.1 Å². The van der Waals surface area contributed by atoms with Gasteiger partial charge in [0.05, 0.1) is 17.8 Å². The molecule has 0 unspecified atom stereocenters. The van der Waals surface area contributed by atoms with E-state index in [4.69, 9.17) is 12.2 Å². The number of anilines is 1. The minimum Gasteiger partial charge on any atom is -0.352 e. The highest BCUT2D eigenvalue weighted by Crippen LogP contribution is 2.41. The Morgan fingerprint density at radius 3 is 2.67 bits per heavy atom. The number of rotatable bonds is 7. The highest BCUT2D eigenvalue weighted by Gasteiger charge is 2.41. The minimum atomic E-state index is -0.148. The summed E-state index contributed by atoms with van der Waals surface area (Å²) in [5, 5.41) is 12.3. The molecule has 2 aromatic carbocycles. The van der Waals surface area contributed by atoms with Crippen LogP contribution < -0.4 is 10.6 Å². The SMILES string of the molecule is Cc1cc([C@H]2[C@H](c3ccccn3)NC(=S)N2CCC(=O)Nc2cccc3ccccc23)c(C)n1-c1nccs1. The number of pyridine rings is 1. The van der Waals surface area contributed by atoms with Gasteiger partial charge in [-0.3, -0.25) is 14.3 Å². The van der Waals surface area contributed by atoms with Crippen molar-refractivity contribution in [2.24, 2.45) is 0 Å². The predicted molar refractivity (Wildman–Crippen MR) is 160 cm³/mol. The van der Waals surface area contributed by atoms with E-state index in [2.05, 4.69) is 50.0 Å². The number of nitrogens with zero attached hydrogens (tertiary/aromatic N) is 4. The Morgan fingerprint density at radius 2 is 1.87 bits per heavy atom. The smallest absolute Gasteiger partial charge is 0.226 e. The molecule has 4 heterocycles. The van der Waals surface area contributed by atoms with Gasteiger partial charge in [0.25, 0.3) is 0 Å². The number of carbonyl (C=O) groups is 1. The Balaban J connectivity index is 1.30. The molecule has 39 heavy (non-hydrogen) atoms. The van der Waals surface area contributed by atoms with Crippen molar-refractivity contribution >= 4 is 51.0 Å². The molecule has 5 aromatic rings. The molecule has 1 aliphatic rings. The van der Waals surface area contributed by atoms with E-state index in [9.17, 15) is 4.79 Å². The summed E-state index contributed by atoms with van der Waals surface area (Å²) in [5.74, 6) is -0.0533. The number of hydrogen-bond acceptors (Lipinski definition) is 5. The molecule has 1 aliphatic heterocycles. The molecular formula is C30H28N6OS2. The number of aromatic nitrogens is 3. The average Bonchev–Trinajstić information content (AvgIpc) is 3.66. The molecule has 0 bridgehead atoms. The van der Waals surface area contributed by atoms with Gasteiger partial charge in [-0.15, -0.1) is 11.3 Å². The fourth-order valence-electron chi connectivity index (χ4n) is 5.46. The quantitative estimate of drug-likeness (QED) is 0.238. The predicted octanol–water partition coefficient (Wildman–Crippen LogP) is 6.10. The maximum atomic E-state index is 13.2. The van der Waals surface area contributed by atoms with Crippen molar-refractivity contribution in [3.8, 4) is 5.13 Å². The second-order valence-corrected chi connectivity index (χ2v) is 10.9. The fourth-order valence-corrected chi connectivity index (χ4v) is 6.54. The standard InChI is InChI=1S/C30H28N6OS2/c1-19-18-23(20(2)36(19)30-32-15-17-39-30)28-27(25-11-5-6-14-31-25)34-29(38)35(28)16-13-26(37)33-24-12-7-9-21-8-3-4-10-22(21)24/h3-12,14-15,17-18,27-28H,13,16H2,1-2H3,(H,33,37)(H,34,38)/t27-,28-/m0/s1. The van der Waals surface area contributed by atoms with Gasteiger partial charge >= 0.3 is 0 Å². The first kappa shape index (κ1) is 25.2. The highest BCUT2D eigenvalue weighted by atomic mass is 32.1. The van der Waals surface area contributed by atoms with Crippen molar-refractivity contribution in [3.63, 3.8) is 0 Å². The van der Waals surface area contributed by atoms with Gasteiger partial charge in [-0.25, -0.2) is 4.98 Å². The molecule has 0 aliphatic carbocycles. The van der Waals surface area contributed by atoms with Crippen LogP contribution in [0.5, 0.6) is 0 Å². The third-order valence-corrected chi connectivity index (χ3v) is 8.35. The van der Waals surface area contributed by atoms with Gasteiger partial charge in [-0.1, -0.05) is 42.5 Å². The number of nitrogens with one attached hydrogen (secondary N) is 2. The van der Waals surface area contributed by atoms with E-state index < -0.39 is 0 Å². The molecule has 2 atom stereocenters. The Bertz CT molecular complexity index is 1640. The van der Waals surface area contributed by atoms with Crippen LogP contribution in [0.1, 0.15) is 41.1 Å². The Kier molecular flexibility index (Phi) is 6.85. The van der Waals surface area contributed by atoms with Crippen molar-refractivity contribution in [2.45, 2.75) is 32.4 Å². The van der Waals surface area contributed by atoms with Crippen LogP contribution in [-0.2, 0) is 4.79 Å². The Labute approximate surface area is 236 Å². The lowest BCUT2D eigenvalue weighted by atomic mass is 9.96. The topological polar surface area (TPSA) is 75.1 Å². The van der Waals surface area contributed by atoms with Crippen LogP contribution in [0.3, 0.4) is 0 Å². The number of thiocarbonyl (C=S) groups is 1. The van der Waals surface area contributed by atoms with Gasteiger partial charge < -0.3 is 15.5 Å². The van der Waals surface area contributed by atoms with Crippen molar-refractivity contribution in [1.29, 1.82) is 0 Å². The first-order valence-electron chi connectivity index (χ1n) is 12.9. The molecular weight excluding hydrogens is 525 g/mol. The second kappa shape index (κ2) is 10.6. The molecule has 0 saturated carbocycles. The van der Waals surface area contributed by atoms with Crippen LogP contribution in [0.15, 0.2) is 84.5 Å². The molecule has 1 fully saturated rings. The van der Waals surface area contributed by atoms with E-state index in [0.717, 1.165) is 44.2 Å². The lowest BCUT2D eigenvalue weighted by Crippen LogP contribution is -2.33.